The van der Waals surface area contributed by atoms with Crippen molar-refractivity contribution in [2.75, 3.05) is 52.4 Å². The highest BCUT2D eigenvalue weighted by Crippen LogP contribution is 2.20. The largest absolute Gasteiger partial charge is 0.870 e. The minimum atomic E-state index is -4.94. The predicted octanol–water partition coefficient (Wildman–Crippen LogP) is 8.20. The second-order valence-corrected chi connectivity index (χ2v) is 15.3. The second kappa shape index (κ2) is 39.8. The monoisotopic (exact) mass is 713 g/mol. The molecule has 0 aliphatic rings. The van der Waals surface area contributed by atoms with Gasteiger partial charge in [-0.1, -0.05) is 132 Å². The molecule has 0 aromatic carbocycles. The zero-order valence-electron chi connectivity index (χ0n) is 34.0. The molecule has 1 N–H and O–H groups in total. The van der Waals surface area contributed by atoms with Crippen molar-refractivity contribution < 1.29 is 43.3 Å². The number of quaternary nitrogens is 2. The smallest absolute Gasteiger partial charge is 0.0786 e. The van der Waals surface area contributed by atoms with Gasteiger partial charge in [-0.25, -0.2) is 18.6 Å². The third-order valence-corrected chi connectivity index (χ3v) is 9.89. The summed E-state index contributed by atoms with van der Waals surface area (Å²) in [5.41, 5.74) is 0. The minimum absolute atomic E-state index is 0. The van der Waals surface area contributed by atoms with Crippen LogP contribution in [-0.2, 0) is 0 Å². The Labute approximate surface area is 304 Å². The number of unbranched alkanes of at least 4 members (excludes halogenated alkanes) is 16. The van der Waals surface area contributed by atoms with Crippen LogP contribution in [0.15, 0.2) is 0 Å². The molecule has 0 amide bonds. The normalized spacial score (nSPS) is 11.8. The van der Waals surface area contributed by atoms with Gasteiger partial charge in [0.05, 0.1) is 52.4 Å². The molecule has 0 aromatic heterocycles. The third kappa shape index (κ3) is 40.4. The van der Waals surface area contributed by atoms with Crippen molar-refractivity contribution in [1.29, 1.82) is 0 Å². The number of hydrogen-bond donors (Lipinski definition) is 0. The maximum absolute atomic E-state index is 8.49. The third-order valence-electron chi connectivity index (χ3n) is 9.89. The van der Waals surface area contributed by atoms with Crippen LogP contribution in [0.4, 0.5) is 0 Å². The summed E-state index contributed by atoms with van der Waals surface area (Å²) in [4.78, 5) is 0. The van der Waals surface area contributed by atoms with Crippen LogP contribution in [0.5, 0.6) is 0 Å². The summed E-state index contributed by atoms with van der Waals surface area (Å²) in [5, 5.41) is 0. The van der Waals surface area contributed by atoms with E-state index in [4.69, 9.17) is 18.6 Å². The van der Waals surface area contributed by atoms with Crippen molar-refractivity contribution in [3.8, 4) is 0 Å². The fourth-order valence-electron chi connectivity index (χ4n) is 6.81. The van der Waals surface area contributed by atoms with Gasteiger partial charge >= 0.3 is 0 Å². The highest BCUT2D eigenvalue weighted by molar-refractivity contribution is 4.54. The quantitative estimate of drug-likeness (QED) is 0.0514. The van der Waals surface area contributed by atoms with Crippen molar-refractivity contribution >= 4 is 0 Å². The van der Waals surface area contributed by atoms with E-state index in [0.29, 0.717) is 0 Å². The minimum Gasteiger partial charge on any atom is -0.870 e. The van der Waals surface area contributed by atoms with Crippen molar-refractivity contribution in [1.82, 2.24) is 0 Å². The molecule has 0 spiro atoms. The maximum Gasteiger partial charge on any atom is 0.0786 e. The standard InChI is InChI=1S/C24H52N.C16H36N.ClHO4.H2O/c1-5-9-13-17-21-25(22-18-14-10-6-2,23-19-15-11-7-3)24-20-16-12-8-4;1-5-9-13-17(14-10-6-2,15-11-7-3)16-12-8-4;2-1(3,4)5;/h5-24H2,1-4H3;5-16H2,1-4H3;(H,2,3,4,5);1H2/q2*+1;;/p-2. The van der Waals surface area contributed by atoms with E-state index in [0.717, 1.165) is 0 Å². The number of hydrogen-bond acceptors (Lipinski definition) is 5. The Hall–Kier alpha value is 0.01000. The van der Waals surface area contributed by atoms with Gasteiger partial charge in [-0.2, -0.15) is 0 Å². The van der Waals surface area contributed by atoms with Gasteiger partial charge in [0.25, 0.3) is 0 Å². The zero-order valence-corrected chi connectivity index (χ0v) is 34.7. The van der Waals surface area contributed by atoms with Gasteiger partial charge in [-0.3, -0.25) is 0 Å². The van der Waals surface area contributed by atoms with E-state index in [-0.39, 0.29) is 5.48 Å². The van der Waals surface area contributed by atoms with Gasteiger partial charge < -0.3 is 14.4 Å². The molecule has 296 valence electrons. The summed E-state index contributed by atoms with van der Waals surface area (Å²) in [5.74, 6) is 0. The molecule has 0 heterocycles. The van der Waals surface area contributed by atoms with Gasteiger partial charge in [0.15, 0.2) is 0 Å². The molecule has 0 unspecified atom stereocenters. The second-order valence-electron chi connectivity index (χ2n) is 14.5. The van der Waals surface area contributed by atoms with Crippen LogP contribution >= 0.6 is 0 Å². The summed E-state index contributed by atoms with van der Waals surface area (Å²) < 4.78 is 36.9. The molecule has 48 heavy (non-hydrogen) atoms. The Morgan fingerprint density at radius 2 is 0.417 bits per heavy atom. The average Bonchev–Trinajstić information content (AvgIpc) is 3.04. The van der Waals surface area contributed by atoms with Crippen molar-refractivity contribution in [3.05, 3.63) is 0 Å². The van der Waals surface area contributed by atoms with E-state index in [9.17, 15) is 0 Å². The lowest BCUT2D eigenvalue weighted by Gasteiger charge is -2.39. The van der Waals surface area contributed by atoms with E-state index < -0.39 is 10.2 Å². The lowest BCUT2D eigenvalue weighted by molar-refractivity contribution is -2.00. The van der Waals surface area contributed by atoms with E-state index >= 15 is 0 Å². The molecule has 0 radical (unpaired) electrons. The molecule has 0 saturated carbocycles. The highest BCUT2D eigenvalue weighted by Gasteiger charge is 2.26. The predicted molar refractivity (Wildman–Crippen MR) is 198 cm³/mol. The van der Waals surface area contributed by atoms with Crippen molar-refractivity contribution in [2.24, 2.45) is 0 Å². The van der Waals surface area contributed by atoms with E-state index in [1.54, 1.807) is 0 Å². The SMILES string of the molecule is CCCCCC[N+](CCCCCC)(CCCCCC)CCCCCC.CCCC[N+](CCCC)(CCCC)CCCC.[O-][Cl+3]([O-])([O-])[O-].[OH-]. The van der Waals surface area contributed by atoms with Crippen LogP contribution < -0.4 is 18.6 Å². The fourth-order valence-corrected chi connectivity index (χ4v) is 6.81. The van der Waals surface area contributed by atoms with Crippen LogP contribution in [0.2, 0.25) is 0 Å². The van der Waals surface area contributed by atoms with E-state index in [1.807, 2.05) is 0 Å². The highest BCUT2D eigenvalue weighted by atomic mass is 35.7. The summed E-state index contributed by atoms with van der Waals surface area (Å²) in [6.07, 6.45) is 33.9. The van der Waals surface area contributed by atoms with Crippen molar-refractivity contribution in [2.45, 2.75) is 209 Å². The molecule has 7 nitrogen and oxygen atoms in total. The molecule has 0 aliphatic heterocycles. The molecule has 0 atom stereocenters. The Bertz CT molecular complexity index is 495. The van der Waals surface area contributed by atoms with Crippen molar-refractivity contribution in [3.63, 3.8) is 0 Å². The van der Waals surface area contributed by atoms with Crippen LogP contribution in [0.1, 0.15) is 209 Å². The molecule has 8 heteroatoms. The zero-order chi connectivity index (χ0) is 36.1. The molecule has 0 bridgehead atoms. The molecule has 0 fully saturated rings. The summed E-state index contributed by atoms with van der Waals surface area (Å²) in [6, 6.07) is 0. The summed E-state index contributed by atoms with van der Waals surface area (Å²) in [7, 11) is -4.94. The molecule has 0 aromatic rings. The van der Waals surface area contributed by atoms with Crippen LogP contribution in [-0.4, -0.2) is 66.8 Å². The van der Waals surface area contributed by atoms with Crippen LogP contribution in [0.3, 0.4) is 0 Å². The van der Waals surface area contributed by atoms with Gasteiger partial charge in [-0.05, 0) is 77.0 Å². The first-order valence-electron chi connectivity index (χ1n) is 20.8. The lowest BCUT2D eigenvalue weighted by atomic mass is 10.1. The molecule has 0 aliphatic carbocycles. The van der Waals surface area contributed by atoms with Crippen LogP contribution in [0, 0.1) is 10.2 Å². The maximum atomic E-state index is 8.49. The number of halogens is 1. The lowest BCUT2D eigenvalue weighted by Crippen LogP contribution is -2.68. The molecule has 0 saturated heterocycles. The summed E-state index contributed by atoms with van der Waals surface area (Å²) >= 11 is 0. The first kappa shape index (κ1) is 54.8. The van der Waals surface area contributed by atoms with E-state index in [1.165, 1.54) is 215 Å². The van der Waals surface area contributed by atoms with Gasteiger partial charge in [0.2, 0.25) is 0 Å². The molecular formula is C40H89ClN2O5. The van der Waals surface area contributed by atoms with E-state index in [2.05, 4.69) is 55.4 Å². The topological polar surface area (TPSA) is 122 Å². The van der Waals surface area contributed by atoms with Crippen LogP contribution in [0.25, 0.3) is 0 Å². The fraction of sp³-hybridized carbons (Fsp3) is 1.00. The first-order valence-corrected chi connectivity index (χ1v) is 22.0. The Morgan fingerprint density at radius 3 is 0.562 bits per heavy atom. The number of rotatable bonds is 32. The van der Waals surface area contributed by atoms with Gasteiger partial charge in [0.1, 0.15) is 0 Å². The van der Waals surface area contributed by atoms with Gasteiger partial charge in [-0.15, -0.1) is 10.2 Å². The Balaban J connectivity index is -0.000000364. The Kier molecular flexibility index (Phi) is 45.4. The number of nitrogens with zero attached hydrogens (tertiary/aromatic N) is 2. The Morgan fingerprint density at radius 1 is 0.271 bits per heavy atom. The van der Waals surface area contributed by atoms with Gasteiger partial charge in [0, 0.05) is 0 Å². The summed E-state index contributed by atoms with van der Waals surface area (Å²) in [6.45, 7) is 30.2. The average molecular weight is 714 g/mol. The molecular weight excluding hydrogens is 624 g/mol. The molecule has 0 rings (SSSR count). The first-order chi connectivity index (χ1) is 22.5.